The predicted octanol–water partition coefficient (Wildman–Crippen LogP) is 4.00. The van der Waals surface area contributed by atoms with Gasteiger partial charge in [-0.25, -0.2) is 9.78 Å². The van der Waals surface area contributed by atoms with Gasteiger partial charge in [-0.15, -0.1) is 0 Å². The highest BCUT2D eigenvalue weighted by Gasteiger charge is 2.43. The van der Waals surface area contributed by atoms with E-state index in [1.54, 1.807) is 11.7 Å². The van der Waals surface area contributed by atoms with Crippen LogP contribution in [0, 0.1) is 17.8 Å². The number of likely N-dealkylation sites (tertiary alicyclic amines) is 1. The summed E-state index contributed by atoms with van der Waals surface area (Å²) in [4.78, 5) is 45.1. The van der Waals surface area contributed by atoms with E-state index >= 15 is 0 Å². The molecule has 1 aliphatic heterocycles. The summed E-state index contributed by atoms with van der Waals surface area (Å²) in [5.74, 6) is 2.23. The molecule has 2 aromatic heterocycles. The van der Waals surface area contributed by atoms with Crippen molar-refractivity contribution in [1.82, 2.24) is 29.5 Å². The van der Waals surface area contributed by atoms with E-state index in [0.29, 0.717) is 56.0 Å². The highest BCUT2D eigenvalue weighted by atomic mass is 16.6. The molecule has 6 rings (SSSR count). The van der Waals surface area contributed by atoms with E-state index in [1.165, 1.54) is 36.6 Å². The number of rotatable bonds is 9. The molecule has 2 N–H and O–H groups in total. The van der Waals surface area contributed by atoms with Crippen LogP contribution >= 0.6 is 0 Å². The Morgan fingerprint density at radius 1 is 1.07 bits per heavy atom. The number of aryl methyl sites for hydroxylation is 1. The van der Waals surface area contributed by atoms with Crippen LogP contribution < -0.4 is 10.9 Å². The number of carbonyl (C=O) groups is 2. The largest absolute Gasteiger partial charge is 0.444 e. The highest BCUT2D eigenvalue weighted by Crippen LogP contribution is 2.51. The summed E-state index contributed by atoms with van der Waals surface area (Å²) in [6.07, 6.45) is 7.55. The second kappa shape index (κ2) is 11.6. The summed E-state index contributed by atoms with van der Waals surface area (Å²) < 4.78 is 8.38. The molecular weight excluding hydrogens is 560 g/mol. The maximum absolute atomic E-state index is 13.5. The lowest BCUT2D eigenvalue weighted by atomic mass is 9.89. The molecule has 0 unspecified atom stereocenters. The topological polar surface area (TPSA) is 132 Å². The number of fused-ring (bicyclic) bond motifs is 1. The number of aromatic nitrogens is 4. The Kier molecular flexibility index (Phi) is 8.02. The van der Waals surface area contributed by atoms with E-state index in [2.05, 4.69) is 15.4 Å². The van der Waals surface area contributed by atoms with Crippen LogP contribution in [0.3, 0.4) is 0 Å². The number of hydrogen-bond acceptors (Lipinski definition) is 7. The summed E-state index contributed by atoms with van der Waals surface area (Å²) in [6, 6.07) is 7.62. The van der Waals surface area contributed by atoms with Crippen LogP contribution in [0.1, 0.15) is 71.3 Å². The van der Waals surface area contributed by atoms with E-state index in [4.69, 9.17) is 4.74 Å². The molecule has 0 bridgehead atoms. The van der Waals surface area contributed by atoms with Crippen LogP contribution in [0.2, 0.25) is 0 Å². The van der Waals surface area contributed by atoms with Gasteiger partial charge in [0.25, 0.3) is 5.56 Å². The first kappa shape index (κ1) is 30.3. The number of hydrogen-bond donors (Lipinski definition) is 2. The summed E-state index contributed by atoms with van der Waals surface area (Å²) in [5.41, 5.74) is 1.20. The van der Waals surface area contributed by atoms with E-state index in [-0.39, 0.29) is 23.5 Å². The molecule has 3 aromatic rings. The minimum absolute atomic E-state index is 0.106. The fourth-order valence-electron chi connectivity index (χ4n) is 6.55. The fraction of sp³-hybridized carbons (Fsp3) is 0.606. The first-order valence-corrected chi connectivity index (χ1v) is 15.9. The van der Waals surface area contributed by atoms with Gasteiger partial charge in [0.2, 0.25) is 5.91 Å². The molecule has 2 amide bonds. The molecule has 2 aliphatic carbocycles. The van der Waals surface area contributed by atoms with Crippen LogP contribution in [0.5, 0.6) is 0 Å². The summed E-state index contributed by atoms with van der Waals surface area (Å²) in [6.45, 7) is 6.87. The Morgan fingerprint density at radius 2 is 1.70 bits per heavy atom. The van der Waals surface area contributed by atoms with Crippen molar-refractivity contribution in [3.8, 4) is 11.3 Å². The van der Waals surface area contributed by atoms with Crippen LogP contribution in [0.25, 0.3) is 22.3 Å². The Hall–Kier alpha value is -3.73. The number of amides is 2. The van der Waals surface area contributed by atoms with Crippen molar-refractivity contribution in [3.05, 3.63) is 46.5 Å². The monoisotopic (exact) mass is 604 g/mol. The lowest BCUT2D eigenvalue weighted by molar-refractivity contribution is -0.137. The normalized spacial score (nSPS) is 18.5. The van der Waals surface area contributed by atoms with Crippen molar-refractivity contribution < 1.29 is 19.4 Å². The quantitative estimate of drug-likeness (QED) is 0.377. The average Bonchev–Trinajstić information content (AvgIpc) is 3.90. The first-order chi connectivity index (χ1) is 20.9. The molecule has 0 radical (unpaired) electrons. The number of carbonyl (C=O) groups excluding carboxylic acids is 2. The second-order valence-electron chi connectivity index (χ2n) is 14.0. The Bertz CT molecular complexity index is 1580. The Labute approximate surface area is 257 Å². The number of piperidine rings is 1. The van der Waals surface area contributed by atoms with E-state index in [1.807, 2.05) is 49.9 Å². The third kappa shape index (κ3) is 6.82. The van der Waals surface area contributed by atoms with Crippen LogP contribution in [0.15, 0.2) is 35.4 Å². The fourth-order valence-corrected chi connectivity index (χ4v) is 6.55. The number of nitrogens with zero attached hydrogens (tertiary/aromatic N) is 5. The lowest BCUT2D eigenvalue weighted by Gasteiger charge is -2.38. The molecule has 3 aliphatic rings. The van der Waals surface area contributed by atoms with Crippen molar-refractivity contribution in [1.29, 1.82) is 0 Å². The van der Waals surface area contributed by atoms with Crippen molar-refractivity contribution >= 4 is 23.0 Å². The molecule has 1 aromatic carbocycles. The molecule has 0 atom stereocenters. The number of ether oxygens (including phenoxy) is 1. The maximum atomic E-state index is 13.5. The van der Waals surface area contributed by atoms with Gasteiger partial charge in [0.15, 0.2) is 5.52 Å². The van der Waals surface area contributed by atoms with Crippen molar-refractivity contribution in [3.63, 3.8) is 0 Å². The number of nitrogens with one attached hydrogen (secondary N) is 1. The van der Waals surface area contributed by atoms with Gasteiger partial charge in [0, 0.05) is 38.7 Å². The lowest BCUT2D eigenvalue weighted by Crippen LogP contribution is -2.50. The molecule has 2 saturated carbocycles. The number of aliphatic hydroxyl groups is 1. The zero-order valence-electron chi connectivity index (χ0n) is 26.2. The van der Waals surface area contributed by atoms with E-state index in [9.17, 15) is 19.5 Å². The molecule has 11 heteroatoms. The van der Waals surface area contributed by atoms with Crippen molar-refractivity contribution in [2.75, 3.05) is 13.1 Å². The Morgan fingerprint density at radius 3 is 2.30 bits per heavy atom. The summed E-state index contributed by atoms with van der Waals surface area (Å²) in [7, 11) is 1.77. The van der Waals surface area contributed by atoms with Crippen molar-refractivity contribution in [2.45, 2.75) is 90.0 Å². The standard InChI is InChI=1S/C33H44N6O5/c1-32(2,3)44-31(42)34-18-21-5-7-24(8-6-21)29-27-28(36-37(29)4)30(41)39(20-35-27)19-33(43)13-15-38(16-14-33)26(40)17-25(22-9-10-22)23-11-12-23/h5-8,20,22-23,25,43H,9-19H2,1-4H3,(H,34,42). The Balaban J connectivity index is 1.10. The van der Waals surface area contributed by atoms with Gasteiger partial charge in [0.05, 0.1) is 24.2 Å². The minimum Gasteiger partial charge on any atom is -0.444 e. The van der Waals surface area contributed by atoms with Crippen LogP contribution in [0.4, 0.5) is 4.79 Å². The SMILES string of the molecule is Cn1nc2c(=O)n(CC3(O)CCN(C(=O)CC(C4CC4)C4CC4)CC3)cnc2c1-c1ccc(CNC(=O)OC(C)(C)C)cc1. The first-order valence-electron chi connectivity index (χ1n) is 15.9. The minimum atomic E-state index is -1.09. The average molecular weight is 605 g/mol. The molecule has 3 heterocycles. The third-order valence-electron chi connectivity index (χ3n) is 9.25. The van der Waals surface area contributed by atoms with E-state index in [0.717, 1.165) is 23.0 Å². The summed E-state index contributed by atoms with van der Waals surface area (Å²) >= 11 is 0. The van der Waals surface area contributed by atoms with Gasteiger partial charge < -0.3 is 20.1 Å². The number of alkyl carbamates (subject to hydrolysis) is 1. The van der Waals surface area contributed by atoms with Gasteiger partial charge in [-0.05, 0) is 82.6 Å². The van der Waals surface area contributed by atoms with Crippen LogP contribution in [-0.4, -0.2) is 65.6 Å². The molecule has 3 fully saturated rings. The zero-order valence-corrected chi connectivity index (χ0v) is 26.2. The van der Waals surface area contributed by atoms with Crippen molar-refractivity contribution in [2.24, 2.45) is 24.8 Å². The predicted molar refractivity (Wildman–Crippen MR) is 166 cm³/mol. The molecule has 11 nitrogen and oxygen atoms in total. The third-order valence-corrected chi connectivity index (χ3v) is 9.25. The maximum Gasteiger partial charge on any atom is 0.407 e. The molecule has 44 heavy (non-hydrogen) atoms. The van der Waals surface area contributed by atoms with Crippen LogP contribution in [-0.2, 0) is 29.7 Å². The zero-order chi connectivity index (χ0) is 31.2. The molecule has 1 saturated heterocycles. The van der Waals surface area contributed by atoms with Gasteiger partial charge >= 0.3 is 6.09 Å². The van der Waals surface area contributed by atoms with Gasteiger partial charge in [0.1, 0.15) is 11.1 Å². The smallest absolute Gasteiger partial charge is 0.407 e. The highest BCUT2D eigenvalue weighted by molar-refractivity contribution is 5.89. The second-order valence-corrected chi connectivity index (χ2v) is 14.0. The number of benzene rings is 1. The molecule has 0 spiro atoms. The molecule has 236 valence electrons. The van der Waals surface area contributed by atoms with Gasteiger partial charge in [-0.3, -0.25) is 18.8 Å². The van der Waals surface area contributed by atoms with E-state index < -0.39 is 17.3 Å². The molecular formula is C33H44N6O5. The summed E-state index contributed by atoms with van der Waals surface area (Å²) in [5, 5.41) is 18.7. The van der Waals surface area contributed by atoms with Gasteiger partial charge in [-0.1, -0.05) is 24.3 Å². The van der Waals surface area contributed by atoms with Gasteiger partial charge in [-0.2, -0.15) is 5.10 Å².